The molecule has 0 aromatic carbocycles. The number of carbonyl (C=O) groups is 1. The van der Waals surface area contributed by atoms with Crippen LogP contribution in [0, 0.1) is 12.8 Å². The molecule has 0 radical (unpaired) electrons. The molecule has 1 atom stereocenters. The van der Waals surface area contributed by atoms with E-state index >= 15 is 0 Å². The number of aryl methyl sites for hydroxylation is 1. The number of anilines is 2. The third-order valence-corrected chi connectivity index (χ3v) is 6.09. The van der Waals surface area contributed by atoms with Gasteiger partial charge in [0.2, 0.25) is 5.91 Å². The van der Waals surface area contributed by atoms with Crippen LogP contribution < -0.4 is 5.32 Å². The van der Waals surface area contributed by atoms with E-state index in [4.69, 9.17) is 4.98 Å². The van der Waals surface area contributed by atoms with Crippen molar-refractivity contribution in [3.63, 3.8) is 0 Å². The van der Waals surface area contributed by atoms with E-state index in [1.807, 2.05) is 36.1 Å². The maximum atomic E-state index is 12.9. The summed E-state index contributed by atoms with van der Waals surface area (Å²) in [5.74, 6) is 1.82. The van der Waals surface area contributed by atoms with Crippen molar-refractivity contribution in [1.82, 2.24) is 19.8 Å². The molecule has 1 amide bonds. The first-order valence-electron chi connectivity index (χ1n) is 10.8. The first-order valence-corrected chi connectivity index (χ1v) is 10.8. The number of nitrogens with one attached hydrogen (secondary N) is 1. The Balaban J connectivity index is 1.46. The highest BCUT2D eigenvalue weighted by atomic mass is 16.2. The minimum absolute atomic E-state index is 0.201. The fourth-order valence-corrected chi connectivity index (χ4v) is 4.40. The summed E-state index contributed by atoms with van der Waals surface area (Å²) in [5.41, 5.74) is 3.01. The molecule has 0 saturated carbocycles. The second kappa shape index (κ2) is 8.91. The highest BCUT2D eigenvalue weighted by Gasteiger charge is 2.31. The van der Waals surface area contributed by atoms with Gasteiger partial charge in [0.1, 0.15) is 5.82 Å². The Kier molecular flexibility index (Phi) is 6.09. The Bertz CT molecular complexity index is 832. The molecule has 2 aliphatic rings. The lowest BCUT2D eigenvalue weighted by molar-refractivity contribution is -0.134. The summed E-state index contributed by atoms with van der Waals surface area (Å²) < 4.78 is 0. The van der Waals surface area contributed by atoms with Gasteiger partial charge >= 0.3 is 0 Å². The predicted molar refractivity (Wildman–Crippen MR) is 115 cm³/mol. The van der Waals surface area contributed by atoms with Crippen LogP contribution in [-0.2, 0) is 4.79 Å². The zero-order valence-corrected chi connectivity index (χ0v) is 17.5. The summed E-state index contributed by atoms with van der Waals surface area (Å²) in [6.07, 6.45) is 6.18. The van der Waals surface area contributed by atoms with Crippen LogP contribution in [0.4, 0.5) is 11.5 Å². The van der Waals surface area contributed by atoms with E-state index in [0.29, 0.717) is 6.54 Å². The number of carbonyl (C=O) groups excluding carboxylic acids is 1. The van der Waals surface area contributed by atoms with E-state index < -0.39 is 0 Å². The van der Waals surface area contributed by atoms with Crippen molar-refractivity contribution in [3.05, 3.63) is 47.9 Å². The molecule has 6 heteroatoms. The summed E-state index contributed by atoms with van der Waals surface area (Å²) in [6, 6.07) is 10.2. The summed E-state index contributed by atoms with van der Waals surface area (Å²) in [6.45, 7) is 7.56. The molecule has 4 rings (SSSR count). The largest absolute Gasteiger partial charge is 0.342 e. The fourth-order valence-electron chi connectivity index (χ4n) is 4.40. The predicted octanol–water partition coefficient (Wildman–Crippen LogP) is 3.92. The van der Waals surface area contributed by atoms with Gasteiger partial charge in [-0.1, -0.05) is 13.0 Å². The van der Waals surface area contributed by atoms with Gasteiger partial charge in [-0.3, -0.25) is 14.7 Å². The topological polar surface area (TPSA) is 61.4 Å². The Morgan fingerprint density at radius 1 is 1.17 bits per heavy atom. The number of hydrogen-bond donors (Lipinski definition) is 1. The fraction of sp³-hybridized carbons (Fsp3) is 0.522. The monoisotopic (exact) mass is 393 g/mol. The highest BCUT2D eigenvalue weighted by molar-refractivity contribution is 5.78. The summed E-state index contributed by atoms with van der Waals surface area (Å²) in [4.78, 5) is 26.4. The van der Waals surface area contributed by atoms with Gasteiger partial charge in [0, 0.05) is 30.7 Å². The average molecular weight is 394 g/mol. The molecule has 0 bridgehead atoms. The van der Waals surface area contributed by atoms with Crippen molar-refractivity contribution in [1.29, 1.82) is 0 Å². The molecule has 2 aromatic heterocycles. The van der Waals surface area contributed by atoms with Crippen LogP contribution in [0.2, 0.25) is 0 Å². The smallest absolute Gasteiger partial charge is 0.236 e. The molecule has 6 nitrogen and oxygen atoms in total. The van der Waals surface area contributed by atoms with Crippen LogP contribution in [0.5, 0.6) is 0 Å². The van der Waals surface area contributed by atoms with Crippen LogP contribution in [0.15, 0.2) is 36.5 Å². The van der Waals surface area contributed by atoms with E-state index in [-0.39, 0.29) is 11.9 Å². The van der Waals surface area contributed by atoms with E-state index in [1.54, 1.807) is 6.20 Å². The first kappa shape index (κ1) is 19.8. The van der Waals surface area contributed by atoms with Crippen molar-refractivity contribution in [2.24, 2.45) is 5.92 Å². The lowest BCUT2D eigenvalue weighted by Crippen LogP contribution is -2.43. The Morgan fingerprint density at radius 2 is 2.00 bits per heavy atom. The van der Waals surface area contributed by atoms with Gasteiger partial charge in [-0.05, 0) is 69.3 Å². The van der Waals surface area contributed by atoms with Crippen molar-refractivity contribution >= 4 is 17.4 Å². The van der Waals surface area contributed by atoms with Gasteiger partial charge in [-0.25, -0.2) is 4.98 Å². The van der Waals surface area contributed by atoms with Gasteiger partial charge in [0.05, 0.1) is 18.3 Å². The van der Waals surface area contributed by atoms with Gasteiger partial charge in [-0.15, -0.1) is 0 Å². The molecule has 0 spiro atoms. The number of nitrogens with zero attached hydrogens (tertiary/aromatic N) is 4. The SMILES string of the molecule is Cc1cc(Nc2ccccn2)cc(C2CCCN2CC(=O)N2CCC(C)CC2)n1. The van der Waals surface area contributed by atoms with E-state index in [9.17, 15) is 4.79 Å². The van der Waals surface area contributed by atoms with Gasteiger partial charge in [0.25, 0.3) is 0 Å². The van der Waals surface area contributed by atoms with E-state index in [1.165, 1.54) is 0 Å². The molecule has 0 aliphatic carbocycles. The zero-order chi connectivity index (χ0) is 20.2. The highest BCUT2D eigenvalue weighted by Crippen LogP contribution is 2.32. The molecule has 2 saturated heterocycles. The molecule has 154 valence electrons. The quantitative estimate of drug-likeness (QED) is 0.834. The Hall–Kier alpha value is -2.47. The Morgan fingerprint density at radius 3 is 2.76 bits per heavy atom. The second-order valence-electron chi connectivity index (χ2n) is 8.45. The molecular weight excluding hydrogens is 362 g/mol. The number of hydrogen-bond acceptors (Lipinski definition) is 5. The van der Waals surface area contributed by atoms with Gasteiger partial charge in [0.15, 0.2) is 0 Å². The third kappa shape index (κ3) is 4.93. The number of rotatable bonds is 5. The number of piperidine rings is 1. The molecule has 29 heavy (non-hydrogen) atoms. The average Bonchev–Trinajstić information content (AvgIpc) is 3.17. The molecule has 1 N–H and O–H groups in total. The number of amides is 1. The maximum absolute atomic E-state index is 12.9. The maximum Gasteiger partial charge on any atom is 0.236 e. The molecule has 2 aliphatic heterocycles. The van der Waals surface area contributed by atoms with E-state index in [2.05, 4.69) is 28.2 Å². The van der Waals surface area contributed by atoms with Crippen LogP contribution >= 0.6 is 0 Å². The van der Waals surface area contributed by atoms with E-state index in [0.717, 1.165) is 74.1 Å². The van der Waals surface area contributed by atoms with Crippen molar-refractivity contribution in [2.75, 3.05) is 31.5 Å². The summed E-state index contributed by atoms with van der Waals surface area (Å²) in [7, 11) is 0. The summed E-state index contributed by atoms with van der Waals surface area (Å²) in [5, 5.41) is 3.38. The number of pyridine rings is 2. The minimum atomic E-state index is 0.201. The lowest BCUT2D eigenvalue weighted by Gasteiger charge is -2.33. The van der Waals surface area contributed by atoms with Crippen LogP contribution in [0.3, 0.4) is 0 Å². The molecule has 1 unspecified atom stereocenters. The zero-order valence-electron chi connectivity index (χ0n) is 17.5. The minimum Gasteiger partial charge on any atom is -0.342 e. The number of likely N-dealkylation sites (tertiary alicyclic amines) is 2. The van der Waals surface area contributed by atoms with Crippen molar-refractivity contribution in [2.45, 2.75) is 45.6 Å². The second-order valence-corrected chi connectivity index (χ2v) is 8.45. The van der Waals surface area contributed by atoms with Crippen LogP contribution in [-0.4, -0.2) is 51.9 Å². The van der Waals surface area contributed by atoms with Crippen molar-refractivity contribution < 1.29 is 4.79 Å². The standard InChI is InChI=1S/C23H31N5O/c1-17-8-12-27(13-9-17)23(29)16-28-11-5-6-21(28)20-15-19(14-18(2)25-20)26-22-7-3-4-10-24-22/h3-4,7,10,14-15,17,21H,5-6,8-9,11-13,16H2,1-2H3,(H,24,25,26). The summed E-state index contributed by atoms with van der Waals surface area (Å²) >= 11 is 0. The van der Waals surface area contributed by atoms with Crippen LogP contribution in [0.25, 0.3) is 0 Å². The van der Waals surface area contributed by atoms with Crippen LogP contribution in [0.1, 0.15) is 50.0 Å². The molecule has 2 fully saturated rings. The van der Waals surface area contributed by atoms with Gasteiger partial charge in [-0.2, -0.15) is 0 Å². The molecular formula is C23H31N5O. The Labute approximate surface area is 173 Å². The lowest BCUT2D eigenvalue weighted by atomic mass is 9.99. The normalized spacial score (nSPS) is 20.8. The van der Waals surface area contributed by atoms with Gasteiger partial charge < -0.3 is 10.2 Å². The third-order valence-electron chi connectivity index (χ3n) is 6.09. The first-order chi connectivity index (χ1) is 14.1. The molecule has 2 aromatic rings. The molecule has 4 heterocycles. The number of aromatic nitrogens is 2. The van der Waals surface area contributed by atoms with Crippen molar-refractivity contribution in [3.8, 4) is 0 Å².